The second kappa shape index (κ2) is 56.7. The van der Waals surface area contributed by atoms with Gasteiger partial charge in [0, 0.05) is 6.42 Å². The van der Waals surface area contributed by atoms with Crippen LogP contribution in [0, 0.1) is 0 Å². The molecular formula is C61H115NO3. The Morgan fingerprint density at radius 2 is 0.631 bits per heavy atom. The van der Waals surface area contributed by atoms with Gasteiger partial charge in [0.1, 0.15) is 0 Å². The van der Waals surface area contributed by atoms with E-state index in [0.717, 1.165) is 38.5 Å². The van der Waals surface area contributed by atoms with E-state index in [-0.39, 0.29) is 12.5 Å². The largest absolute Gasteiger partial charge is 0.394 e. The minimum Gasteiger partial charge on any atom is -0.394 e. The van der Waals surface area contributed by atoms with E-state index >= 15 is 0 Å². The maximum atomic E-state index is 12.5. The molecule has 0 aromatic heterocycles. The second-order valence-corrected chi connectivity index (χ2v) is 20.1. The van der Waals surface area contributed by atoms with Crippen LogP contribution in [0.25, 0.3) is 0 Å². The molecule has 0 aromatic carbocycles. The van der Waals surface area contributed by atoms with Gasteiger partial charge in [0.25, 0.3) is 0 Å². The number of aliphatic hydroxyl groups is 2. The van der Waals surface area contributed by atoms with Crippen molar-refractivity contribution in [3.63, 3.8) is 0 Å². The van der Waals surface area contributed by atoms with Crippen LogP contribution < -0.4 is 5.32 Å². The van der Waals surface area contributed by atoms with Crippen LogP contribution in [0.1, 0.15) is 316 Å². The van der Waals surface area contributed by atoms with Gasteiger partial charge in [0.05, 0.1) is 18.8 Å². The third-order valence-electron chi connectivity index (χ3n) is 13.6. The van der Waals surface area contributed by atoms with Crippen molar-refractivity contribution < 1.29 is 15.0 Å². The minimum absolute atomic E-state index is 0.0684. The van der Waals surface area contributed by atoms with Gasteiger partial charge >= 0.3 is 0 Å². The van der Waals surface area contributed by atoms with Gasteiger partial charge in [0.15, 0.2) is 0 Å². The van der Waals surface area contributed by atoms with Crippen molar-refractivity contribution in [2.45, 2.75) is 328 Å². The zero-order valence-electron chi connectivity index (χ0n) is 44.0. The summed E-state index contributed by atoms with van der Waals surface area (Å²) in [5.74, 6) is -0.0684. The molecule has 3 N–H and O–H groups in total. The Morgan fingerprint density at radius 3 is 0.938 bits per heavy atom. The molecule has 0 saturated carbocycles. The van der Waals surface area contributed by atoms with Crippen molar-refractivity contribution >= 4 is 5.91 Å². The topological polar surface area (TPSA) is 69.6 Å². The summed E-state index contributed by atoms with van der Waals surface area (Å²) < 4.78 is 0. The maximum Gasteiger partial charge on any atom is 0.220 e. The van der Waals surface area contributed by atoms with Crippen LogP contribution in [0.3, 0.4) is 0 Å². The summed E-state index contributed by atoms with van der Waals surface area (Å²) >= 11 is 0. The number of carbonyl (C=O) groups excluding carboxylic acids is 1. The van der Waals surface area contributed by atoms with Gasteiger partial charge in [-0.25, -0.2) is 0 Å². The summed E-state index contributed by atoms with van der Waals surface area (Å²) in [4.78, 5) is 12.5. The average Bonchev–Trinajstić information content (AvgIpc) is 3.31. The molecule has 4 heteroatoms. The molecule has 0 aromatic rings. The Balaban J connectivity index is 3.49. The monoisotopic (exact) mass is 910 g/mol. The van der Waals surface area contributed by atoms with Crippen LogP contribution >= 0.6 is 0 Å². The highest BCUT2D eigenvalue weighted by atomic mass is 16.3. The Kier molecular flexibility index (Phi) is 55.2. The van der Waals surface area contributed by atoms with E-state index < -0.39 is 12.1 Å². The molecule has 2 atom stereocenters. The smallest absolute Gasteiger partial charge is 0.220 e. The fourth-order valence-electron chi connectivity index (χ4n) is 9.07. The Bertz CT molecular complexity index is 1030. The molecule has 0 aliphatic carbocycles. The lowest BCUT2D eigenvalue weighted by atomic mass is 10.0. The van der Waals surface area contributed by atoms with E-state index in [4.69, 9.17) is 0 Å². The van der Waals surface area contributed by atoms with Crippen LogP contribution in [0.15, 0.2) is 48.6 Å². The molecule has 0 aliphatic rings. The number of aliphatic hydroxyl groups excluding tert-OH is 2. The quantitative estimate of drug-likeness (QED) is 0.0421. The van der Waals surface area contributed by atoms with Gasteiger partial charge < -0.3 is 15.5 Å². The minimum atomic E-state index is -0.845. The number of carbonyl (C=O) groups is 1. The number of unbranched alkanes of at least 4 members (excludes halogenated alkanes) is 41. The first-order valence-corrected chi connectivity index (χ1v) is 29.4. The second-order valence-electron chi connectivity index (χ2n) is 20.1. The van der Waals surface area contributed by atoms with E-state index in [2.05, 4.69) is 55.6 Å². The van der Waals surface area contributed by atoms with Crippen molar-refractivity contribution in [1.29, 1.82) is 0 Å². The molecule has 1 amide bonds. The summed E-state index contributed by atoms with van der Waals surface area (Å²) in [6.45, 7) is 4.32. The molecule has 0 spiro atoms. The number of amides is 1. The lowest BCUT2D eigenvalue weighted by Crippen LogP contribution is -2.45. The van der Waals surface area contributed by atoms with Crippen LogP contribution in [0.4, 0.5) is 0 Å². The molecule has 0 saturated heterocycles. The van der Waals surface area contributed by atoms with Crippen LogP contribution in [-0.2, 0) is 4.79 Å². The van der Waals surface area contributed by atoms with E-state index in [0.29, 0.717) is 6.42 Å². The lowest BCUT2D eigenvalue weighted by Gasteiger charge is -2.20. The van der Waals surface area contributed by atoms with Gasteiger partial charge in [-0.15, -0.1) is 0 Å². The molecule has 0 radical (unpaired) electrons. The lowest BCUT2D eigenvalue weighted by molar-refractivity contribution is -0.123. The fraction of sp³-hybridized carbons (Fsp3) is 0.852. The van der Waals surface area contributed by atoms with E-state index in [9.17, 15) is 15.0 Å². The summed E-state index contributed by atoms with van der Waals surface area (Å²) in [5.41, 5.74) is 0. The predicted octanol–water partition coefficient (Wildman–Crippen LogP) is 19.4. The molecular weight excluding hydrogens is 795 g/mol. The van der Waals surface area contributed by atoms with Crippen molar-refractivity contribution in [3.8, 4) is 0 Å². The number of hydrogen-bond donors (Lipinski definition) is 3. The molecule has 2 unspecified atom stereocenters. The molecule has 382 valence electrons. The molecule has 0 fully saturated rings. The van der Waals surface area contributed by atoms with Gasteiger partial charge in [-0.1, -0.05) is 300 Å². The van der Waals surface area contributed by atoms with Gasteiger partial charge in [-0.3, -0.25) is 4.79 Å². The summed E-state index contributed by atoms with van der Waals surface area (Å²) in [6, 6.07) is -0.629. The van der Waals surface area contributed by atoms with Crippen molar-refractivity contribution in [1.82, 2.24) is 5.32 Å². The number of nitrogens with one attached hydrogen (secondary N) is 1. The van der Waals surface area contributed by atoms with Gasteiger partial charge in [-0.05, 0) is 57.8 Å². The zero-order chi connectivity index (χ0) is 47.0. The van der Waals surface area contributed by atoms with E-state index in [1.54, 1.807) is 6.08 Å². The molecule has 0 heterocycles. The highest BCUT2D eigenvalue weighted by molar-refractivity contribution is 5.76. The highest BCUT2D eigenvalue weighted by Gasteiger charge is 2.18. The summed E-state index contributed by atoms with van der Waals surface area (Å²) in [7, 11) is 0. The van der Waals surface area contributed by atoms with Gasteiger partial charge in [0.2, 0.25) is 5.91 Å². The Hall–Kier alpha value is -1.65. The summed E-state index contributed by atoms with van der Waals surface area (Å²) in [5, 5.41) is 23.2. The van der Waals surface area contributed by atoms with E-state index in [1.807, 2.05) is 6.08 Å². The summed E-state index contributed by atoms with van der Waals surface area (Å²) in [6.07, 6.45) is 78.5. The first-order chi connectivity index (χ1) is 32.2. The van der Waals surface area contributed by atoms with Gasteiger partial charge in [-0.2, -0.15) is 0 Å². The highest BCUT2D eigenvalue weighted by Crippen LogP contribution is 2.17. The Labute approximate surface area is 407 Å². The molecule has 65 heavy (non-hydrogen) atoms. The molecule has 0 aliphatic heterocycles. The SMILES string of the molecule is CCCCCCC/C=C\C/C=C\C/C=C\CCCCCCCCCCC(=O)NC(CO)C(O)/C=C/CCCCCCCCCCCCCCCCCCCCCCCCCCCCCC. The Morgan fingerprint density at radius 1 is 0.369 bits per heavy atom. The normalized spacial score (nSPS) is 13.1. The van der Waals surface area contributed by atoms with Crippen LogP contribution in [0.5, 0.6) is 0 Å². The average molecular weight is 911 g/mol. The molecule has 0 rings (SSSR count). The third-order valence-corrected chi connectivity index (χ3v) is 13.6. The van der Waals surface area contributed by atoms with Crippen molar-refractivity contribution in [2.24, 2.45) is 0 Å². The number of rotatable bonds is 54. The first kappa shape index (κ1) is 63.4. The standard InChI is InChI=1S/C61H115NO3/c1-3-5-7-9-11-13-15-17-19-21-23-25-27-28-29-30-31-32-33-35-36-38-40-42-44-46-48-50-52-54-56-60(64)59(58-63)62-61(65)57-55-53-51-49-47-45-43-41-39-37-34-26-24-22-20-18-16-14-12-10-8-6-4-2/h16,18,22,24,34,37,54,56,59-60,63-64H,3-15,17,19-21,23,25-33,35-36,38-53,55,57-58H2,1-2H3,(H,62,65)/b18-16-,24-22-,37-34-,56-54+. The maximum absolute atomic E-state index is 12.5. The van der Waals surface area contributed by atoms with Crippen molar-refractivity contribution in [3.05, 3.63) is 48.6 Å². The van der Waals surface area contributed by atoms with E-state index in [1.165, 1.54) is 257 Å². The van der Waals surface area contributed by atoms with Crippen LogP contribution in [0.2, 0.25) is 0 Å². The fourth-order valence-corrected chi connectivity index (χ4v) is 9.07. The molecule has 0 bridgehead atoms. The first-order valence-electron chi connectivity index (χ1n) is 29.4. The third kappa shape index (κ3) is 53.2. The van der Waals surface area contributed by atoms with Crippen LogP contribution in [-0.4, -0.2) is 34.9 Å². The molecule has 4 nitrogen and oxygen atoms in total. The predicted molar refractivity (Wildman–Crippen MR) is 290 cm³/mol. The number of allylic oxidation sites excluding steroid dienone is 7. The zero-order valence-corrected chi connectivity index (χ0v) is 44.0. The number of hydrogen-bond acceptors (Lipinski definition) is 3. The van der Waals surface area contributed by atoms with Crippen molar-refractivity contribution in [2.75, 3.05) is 6.61 Å².